The van der Waals surface area contributed by atoms with Crippen molar-refractivity contribution in [1.82, 2.24) is 0 Å². The van der Waals surface area contributed by atoms with Crippen LogP contribution in [-0.2, 0) is 9.53 Å². The zero-order valence-electron chi connectivity index (χ0n) is 8.01. The molecule has 1 rings (SSSR count). The number of carbonyl (C=O) groups is 1. The van der Waals surface area contributed by atoms with Crippen LogP contribution in [0.3, 0.4) is 0 Å². The van der Waals surface area contributed by atoms with Crippen LogP contribution >= 0.6 is 0 Å². The summed E-state index contributed by atoms with van der Waals surface area (Å²) in [6.07, 6.45) is 4.19. The Bertz CT molecular complexity index is 152. The quantitative estimate of drug-likeness (QED) is 0.646. The van der Waals surface area contributed by atoms with Crippen LogP contribution in [0.25, 0.3) is 0 Å². The van der Waals surface area contributed by atoms with Gasteiger partial charge in [-0.05, 0) is 33.1 Å². The zero-order chi connectivity index (χ0) is 8.97. The first-order valence-electron chi connectivity index (χ1n) is 4.84. The predicted octanol–water partition coefficient (Wildman–Crippen LogP) is 2.17. The van der Waals surface area contributed by atoms with Crippen molar-refractivity contribution in [1.29, 1.82) is 0 Å². The van der Waals surface area contributed by atoms with E-state index in [0.717, 1.165) is 32.3 Å². The third-order valence-corrected chi connectivity index (χ3v) is 2.35. The molecular weight excluding hydrogens is 152 g/mol. The maximum absolute atomic E-state index is 11.2. The predicted molar refractivity (Wildman–Crippen MR) is 48.1 cm³/mol. The van der Waals surface area contributed by atoms with Crippen molar-refractivity contribution in [2.45, 2.75) is 45.6 Å². The Morgan fingerprint density at radius 1 is 1.58 bits per heavy atom. The Morgan fingerprint density at radius 2 is 2.33 bits per heavy atom. The fraction of sp³-hybridized carbons (Fsp3) is 0.900. The number of Topliss-reactive ketones (excluding diaryl/α,β-unsaturated/α-hetero) is 1. The standard InChI is InChI=1S/C10H18O2/c1-8(2)12-7-6-9-4-3-5-10(9)11/h8-9H,3-7H2,1-2H3. The molecule has 0 saturated heterocycles. The topological polar surface area (TPSA) is 26.3 Å². The number of ketones is 1. The molecule has 1 aliphatic carbocycles. The SMILES string of the molecule is CC(C)OCCC1CCCC1=O. The van der Waals surface area contributed by atoms with Crippen LogP contribution < -0.4 is 0 Å². The molecule has 12 heavy (non-hydrogen) atoms. The Labute approximate surface area is 74.3 Å². The van der Waals surface area contributed by atoms with Crippen LogP contribution in [0.4, 0.5) is 0 Å². The molecule has 2 nitrogen and oxygen atoms in total. The van der Waals surface area contributed by atoms with Crippen molar-refractivity contribution < 1.29 is 9.53 Å². The van der Waals surface area contributed by atoms with Gasteiger partial charge in [0.05, 0.1) is 6.10 Å². The van der Waals surface area contributed by atoms with Gasteiger partial charge in [0.15, 0.2) is 0 Å². The van der Waals surface area contributed by atoms with Gasteiger partial charge in [-0.2, -0.15) is 0 Å². The van der Waals surface area contributed by atoms with E-state index in [-0.39, 0.29) is 0 Å². The summed E-state index contributed by atoms with van der Waals surface area (Å²) in [6.45, 7) is 4.79. The summed E-state index contributed by atoms with van der Waals surface area (Å²) < 4.78 is 5.40. The van der Waals surface area contributed by atoms with Crippen LogP contribution in [0.2, 0.25) is 0 Å². The molecule has 0 aromatic heterocycles. The minimum atomic E-state index is 0.293. The molecule has 0 aromatic rings. The summed E-state index contributed by atoms with van der Waals surface area (Å²) in [4.78, 5) is 11.2. The molecule has 1 atom stereocenters. The van der Waals surface area contributed by atoms with E-state index in [2.05, 4.69) is 0 Å². The molecule has 0 N–H and O–H groups in total. The van der Waals surface area contributed by atoms with E-state index in [1.54, 1.807) is 0 Å². The average Bonchev–Trinajstić information content (AvgIpc) is 2.36. The van der Waals surface area contributed by atoms with Gasteiger partial charge in [0, 0.05) is 18.9 Å². The second kappa shape index (κ2) is 4.61. The van der Waals surface area contributed by atoms with Crippen LogP contribution in [0.15, 0.2) is 0 Å². The molecule has 70 valence electrons. The van der Waals surface area contributed by atoms with Crippen molar-refractivity contribution in [2.24, 2.45) is 5.92 Å². The van der Waals surface area contributed by atoms with Gasteiger partial charge in [0.2, 0.25) is 0 Å². The molecular formula is C10H18O2. The van der Waals surface area contributed by atoms with Gasteiger partial charge in [-0.1, -0.05) is 0 Å². The molecule has 0 amide bonds. The summed E-state index contributed by atoms with van der Waals surface area (Å²) in [6, 6.07) is 0. The molecule has 0 spiro atoms. The molecule has 1 aliphatic rings. The van der Waals surface area contributed by atoms with Crippen molar-refractivity contribution in [3.63, 3.8) is 0 Å². The first-order chi connectivity index (χ1) is 5.70. The highest BCUT2D eigenvalue weighted by molar-refractivity contribution is 5.82. The smallest absolute Gasteiger partial charge is 0.136 e. The second-order valence-electron chi connectivity index (χ2n) is 3.76. The summed E-state index contributed by atoms with van der Waals surface area (Å²) >= 11 is 0. The van der Waals surface area contributed by atoms with Gasteiger partial charge in [0.1, 0.15) is 5.78 Å². The molecule has 1 fully saturated rings. The third-order valence-electron chi connectivity index (χ3n) is 2.35. The fourth-order valence-corrected chi connectivity index (χ4v) is 1.64. The highest BCUT2D eigenvalue weighted by Gasteiger charge is 2.23. The normalized spacial score (nSPS) is 23.9. The van der Waals surface area contributed by atoms with Crippen LogP contribution in [0, 0.1) is 5.92 Å². The Morgan fingerprint density at radius 3 is 2.83 bits per heavy atom. The van der Waals surface area contributed by atoms with E-state index in [1.165, 1.54) is 0 Å². The molecule has 0 aromatic carbocycles. The fourth-order valence-electron chi connectivity index (χ4n) is 1.64. The van der Waals surface area contributed by atoms with Crippen molar-refractivity contribution >= 4 is 5.78 Å². The van der Waals surface area contributed by atoms with Gasteiger partial charge < -0.3 is 4.74 Å². The van der Waals surface area contributed by atoms with Crippen molar-refractivity contribution in [3.05, 3.63) is 0 Å². The van der Waals surface area contributed by atoms with Gasteiger partial charge in [-0.25, -0.2) is 0 Å². The van der Waals surface area contributed by atoms with E-state index in [0.29, 0.717) is 17.8 Å². The van der Waals surface area contributed by atoms with Gasteiger partial charge in [-0.3, -0.25) is 4.79 Å². The lowest BCUT2D eigenvalue weighted by Gasteiger charge is -2.10. The number of ether oxygens (including phenoxy) is 1. The molecule has 2 heteroatoms. The summed E-state index contributed by atoms with van der Waals surface area (Å²) in [5.74, 6) is 0.756. The van der Waals surface area contributed by atoms with E-state index >= 15 is 0 Å². The lowest BCUT2D eigenvalue weighted by Crippen LogP contribution is -2.12. The largest absolute Gasteiger partial charge is 0.379 e. The molecule has 1 saturated carbocycles. The van der Waals surface area contributed by atoms with Crippen molar-refractivity contribution in [3.8, 4) is 0 Å². The molecule has 0 heterocycles. The summed E-state index contributed by atoms with van der Waals surface area (Å²) in [5, 5.41) is 0. The second-order valence-corrected chi connectivity index (χ2v) is 3.76. The van der Waals surface area contributed by atoms with Crippen molar-refractivity contribution in [2.75, 3.05) is 6.61 Å². The first-order valence-corrected chi connectivity index (χ1v) is 4.84. The summed E-state index contributed by atoms with van der Waals surface area (Å²) in [5.41, 5.74) is 0. The molecule has 1 unspecified atom stereocenters. The number of carbonyl (C=O) groups excluding carboxylic acids is 1. The Kier molecular flexibility index (Phi) is 3.73. The minimum absolute atomic E-state index is 0.293. The van der Waals surface area contributed by atoms with E-state index in [9.17, 15) is 4.79 Å². The van der Waals surface area contributed by atoms with Crippen LogP contribution in [-0.4, -0.2) is 18.5 Å². The maximum Gasteiger partial charge on any atom is 0.136 e. The first kappa shape index (κ1) is 9.72. The van der Waals surface area contributed by atoms with Gasteiger partial charge >= 0.3 is 0 Å². The maximum atomic E-state index is 11.2. The lowest BCUT2D eigenvalue weighted by atomic mass is 10.0. The highest BCUT2D eigenvalue weighted by atomic mass is 16.5. The third kappa shape index (κ3) is 2.94. The average molecular weight is 170 g/mol. The molecule has 0 bridgehead atoms. The number of hydrogen-bond acceptors (Lipinski definition) is 2. The lowest BCUT2D eigenvalue weighted by molar-refractivity contribution is -0.121. The monoisotopic (exact) mass is 170 g/mol. The van der Waals surface area contributed by atoms with E-state index < -0.39 is 0 Å². The molecule has 0 radical (unpaired) electrons. The van der Waals surface area contributed by atoms with E-state index in [1.807, 2.05) is 13.8 Å². The zero-order valence-corrected chi connectivity index (χ0v) is 8.01. The van der Waals surface area contributed by atoms with Gasteiger partial charge in [-0.15, -0.1) is 0 Å². The Hall–Kier alpha value is -0.370. The number of rotatable bonds is 4. The highest BCUT2D eigenvalue weighted by Crippen LogP contribution is 2.24. The summed E-state index contributed by atoms with van der Waals surface area (Å²) in [7, 11) is 0. The van der Waals surface area contributed by atoms with E-state index in [4.69, 9.17) is 4.74 Å². The van der Waals surface area contributed by atoms with Crippen LogP contribution in [0.5, 0.6) is 0 Å². The van der Waals surface area contributed by atoms with Gasteiger partial charge in [0.25, 0.3) is 0 Å². The Balaban J connectivity index is 2.10. The van der Waals surface area contributed by atoms with Crippen LogP contribution in [0.1, 0.15) is 39.5 Å². The number of hydrogen-bond donors (Lipinski definition) is 0. The molecule has 0 aliphatic heterocycles. The minimum Gasteiger partial charge on any atom is -0.379 e.